The van der Waals surface area contributed by atoms with Gasteiger partial charge in [-0.05, 0) is 38.0 Å². The number of hydrogen-bond acceptors (Lipinski definition) is 3. The van der Waals surface area contributed by atoms with Gasteiger partial charge in [-0.15, -0.1) is 0 Å². The number of carboxylic acid groups (broad SMARTS) is 1. The molecule has 1 aromatic carbocycles. The number of carbonyl (C=O) groups is 2. The summed E-state index contributed by atoms with van der Waals surface area (Å²) in [6.07, 6.45) is 2.21. The van der Waals surface area contributed by atoms with Crippen molar-refractivity contribution in [2.24, 2.45) is 5.41 Å². The molecule has 0 saturated carbocycles. The van der Waals surface area contributed by atoms with Gasteiger partial charge in [0.1, 0.15) is 0 Å². The van der Waals surface area contributed by atoms with Crippen molar-refractivity contribution in [1.82, 2.24) is 15.1 Å². The van der Waals surface area contributed by atoms with Gasteiger partial charge < -0.3 is 15.3 Å². The summed E-state index contributed by atoms with van der Waals surface area (Å²) in [5.41, 5.74) is 1.68. The number of carboxylic acids is 1. The Kier molecular flexibility index (Phi) is 3.27. The number of aryl methyl sites for hydroxylation is 1. The van der Waals surface area contributed by atoms with Crippen molar-refractivity contribution in [3.63, 3.8) is 0 Å². The van der Waals surface area contributed by atoms with Gasteiger partial charge in [0.25, 0.3) is 0 Å². The molecule has 3 rings (SSSR count). The highest BCUT2D eigenvalue weighted by molar-refractivity contribution is 5.94. The van der Waals surface area contributed by atoms with Crippen molar-refractivity contribution in [2.45, 2.75) is 20.3 Å². The molecule has 7 heteroatoms. The van der Waals surface area contributed by atoms with Crippen LogP contribution in [0.4, 0.5) is 10.5 Å². The Hall–Kier alpha value is -2.57. The van der Waals surface area contributed by atoms with Gasteiger partial charge in [-0.3, -0.25) is 9.89 Å². The SMILES string of the molecule is Cc1cc(NC(=O)N2CCC(C)(C(=O)O)C2)cc2[nH]ncc12. The summed E-state index contributed by atoms with van der Waals surface area (Å²) in [6.45, 7) is 4.29. The van der Waals surface area contributed by atoms with Gasteiger partial charge in [0.15, 0.2) is 0 Å². The number of urea groups is 1. The minimum absolute atomic E-state index is 0.222. The number of nitrogens with one attached hydrogen (secondary N) is 2. The van der Waals surface area contributed by atoms with Gasteiger partial charge >= 0.3 is 12.0 Å². The summed E-state index contributed by atoms with van der Waals surface area (Å²) < 4.78 is 0. The number of amides is 2. The molecule has 0 aliphatic carbocycles. The fourth-order valence-corrected chi connectivity index (χ4v) is 2.81. The van der Waals surface area contributed by atoms with Crippen LogP contribution in [0, 0.1) is 12.3 Å². The van der Waals surface area contributed by atoms with E-state index >= 15 is 0 Å². The van der Waals surface area contributed by atoms with Gasteiger partial charge in [0.2, 0.25) is 0 Å². The molecule has 2 amide bonds. The Morgan fingerprint density at radius 1 is 1.45 bits per heavy atom. The van der Waals surface area contributed by atoms with Crippen LogP contribution in [-0.4, -0.2) is 45.3 Å². The predicted octanol–water partition coefficient (Wildman–Crippen LogP) is 2.20. The number of likely N-dealkylation sites (tertiary alicyclic amines) is 1. The van der Waals surface area contributed by atoms with Crippen LogP contribution in [0.25, 0.3) is 10.9 Å². The van der Waals surface area contributed by atoms with E-state index in [1.54, 1.807) is 18.0 Å². The lowest BCUT2D eigenvalue weighted by molar-refractivity contribution is -0.146. The van der Waals surface area contributed by atoms with E-state index in [9.17, 15) is 14.7 Å². The average molecular weight is 302 g/mol. The molecular weight excluding hydrogens is 284 g/mol. The summed E-state index contributed by atoms with van der Waals surface area (Å²) in [4.78, 5) is 25.1. The van der Waals surface area contributed by atoms with Crippen LogP contribution in [0.1, 0.15) is 18.9 Å². The highest BCUT2D eigenvalue weighted by Crippen LogP contribution is 2.30. The van der Waals surface area contributed by atoms with E-state index in [0.717, 1.165) is 16.5 Å². The number of fused-ring (bicyclic) bond motifs is 1. The van der Waals surface area contributed by atoms with E-state index in [1.165, 1.54) is 0 Å². The Bertz CT molecular complexity index is 754. The second-order valence-corrected chi connectivity index (χ2v) is 6.09. The number of anilines is 1. The lowest BCUT2D eigenvalue weighted by Gasteiger charge is -2.20. The van der Waals surface area contributed by atoms with Gasteiger partial charge in [0, 0.05) is 24.2 Å². The Labute approximate surface area is 127 Å². The van der Waals surface area contributed by atoms with Crippen LogP contribution in [0.2, 0.25) is 0 Å². The Balaban J connectivity index is 1.75. The minimum Gasteiger partial charge on any atom is -0.481 e. The van der Waals surface area contributed by atoms with E-state index in [0.29, 0.717) is 18.7 Å². The lowest BCUT2D eigenvalue weighted by atomic mass is 9.90. The zero-order valence-electron chi connectivity index (χ0n) is 12.5. The van der Waals surface area contributed by atoms with Crippen LogP contribution in [0.3, 0.4) is 0 Å². The molecule has 0 radical (unpaired) electrons. The second-order valence-electron chi connectivity index (χ2n) is 6.09. The van der Waals surface area contributed by atoms with E-state index in [-0.39, 0.29) is 12.6 Å². The first-order chi connectivity index (χ1) is 10.4. The zero-order valence-corrected chi connectivity index (χ0v) is 12.5. The van der Waals surface area contributed by atoms with Crippen LogP contribution >= 0.6 is 0 Å². The third-order valence-corrected chi connectivity index (χ3v) is 4.29. The molecule has 1 aromatic heterocycles. The molecule has 1 saturated heterocycles. The van der Waals surface area contributed by atoms with Gasteiger partial charge in [-0.2, -0.15) is 5.10 Å². The summed E-state index contributed by atoms with van der Waals surface area (Å²) in [7, 11) is 0. The largest absolute Gasteiger partial charge is 0.481 e. The van der Waals surface area contributed by atoms with Crippen LogP contribution < -0.4 is 5.32 Å². The Morgan fingerprint density at radius 2 is 2.23 bits per heavy atom. The van der Waals surface area contributed by atoms with Crippen LogP contribution in [0.5, 0.6) is 0 Å². The third kappa shape index (κ3) is 2.38. The number of hydrogen-bond donors (Lipinski definition) is 3. The van der Waals surface area contributed by atoms with Gasteiger partial charge in [0.05, 0.1) is 17.1 Å². The van der Waals surface area contributed by atoms with Crippen LogP contribution in [0.15, 0.2) is 18.3 Å². The van der Waals surface area contributed by atoms with E-state index < -0.39 is 11.4 Å². The fraction of sp³-hybridized carbons (Fsp3) is 0.400. The van der Waals surface area contributed by atoms with Crippen LogP contribution in [-0.2, 0) is 4.79 Å². The monoisotopic (exact) mass is 302 g/mol. The van der Waals surface area contributed by atoms with Crippen molar-refractivity contribution in [1.29, 1.82) is 0 Å². The average Bonchev–Trinajstić information content (AvgIpc) is 3.06. The molecule has 1 aliphatic rings. The molecular formula is C15H18N4O3. The number of aromatic amines is 1. The number of aliphatic carboxylic acids is 1. The highest BCUT2D eigenvalue weighted by Gasteiger charge is 2.42. The smallest absolute Gasteiger partial charge is 0.321 e. The van der Waals surface area contributed by atoms with Crippen molar-refractivity contribution in [3.8, 4) is 0 Å². The molecule has 116 valence electrons. The summed E-state index contributed by atoms with van der Waals surface area (Å²) >= 11 is 0. The first-order valence-corrected chi connectivity index (χ1v) is 7.12. The number of carbonyl (C=O) groups excluding carboxylic acids is 1. The molecule has 1 aliphatic heterocycles. The molecule has 0 spiro atoms. The summed E-state index contributed by atoms with van der Waals surface area (Å²) in [6, 6.07) is 3.42. The summed E-state index contributed by atoms with van der Waals surface area (Å²) in [5.74, 6) is -0.863. The van der Waals surface area contributed by atoms with E-state index in [2.05, 4.69) is 15.5 Å². The molecule has 1 fully saturated rings. The van der Waals surface area contributed by atoms with E-state index in [1.807, 2.05) is 19.1 Å². The maximum Gasteiger partial charge on any atom is 0.321 e. The molecule has 2 heterocycles. The molecule has 2 aromatic rings. The molecule has 3 N–H and O–H groups in total. The van der Waals surface area contributed by atoms with Gasteiger partial charge in [-0.25, -0.2) is 4.79 Å². The van der Waals surface area contributed by atoms with Crippen molar-refractivity contribution in [2.75, 3.05) is 18.4 Å². The second kappa shape index (κ2) is 5.01. The first-order valence-electron chi connectivity index (χ1n) is 7.12. The fourth-order valence-electron chi connectivity index (χ4n) is 2.81. The molecule has 22 heavy (non-hydrogen) atoms. The zero-order chi connectivity index (χ0) is 15.9. The van der Waals surface area contributed by atoms with E-state index in [4.69, 9.17) is 0 Å². The molecule has 1 unspecified atom stereocenters. The Morgan fingerprint density at radius 3 is 2.91 bits per heavy atom. The van der Waals surface area contributed by atoms with Crippen molar-refractivity contribution in [3.05, 3.63) is 23.9 Å². The maximum atomic E-state index is 12.3. The number of rotatable bonds is 2. The molecule has 1 atom stereocenters. The summed E-state index contributed by atoms with van der Waals surface area (Å²) in [5, 5.41) is 19.9. The molecule has 0 bridgehead atoms. The maximum absolute atomic E-state index is 12.3. The minimum atomic E-state index is -0.863. The number of benzene rings is 1. The first kappa shape index (κ1) is 14.4. The topological polar surface area (TPSA) is 98.3 Å². The van der Waals surface area contributed by atoms with Crippen molar-refractivity contribution >= 4 is 28.6 Å². The van der Waals surface area contributed by atoms with Crippen molar-refractivity contribution < 1.29 is 14.7 Å². The number of nitrogens with zero attached hydrogens (tertiary/aromatic N) is 2. The number of H-pyrrole nitrogens is 1. The lowest BCUT2D eigenvalue weighted by Crippen LogP contribution is -2.37. The highest BCUT2D eigenvalue weighted by atomic mass is 16.4. The predicted molar refractivity (Wildman–Crippen MR) is 81.8 cm³/mol. The third-order valence-electron chi connectivity index (χ3n) is 4.29. The molecule has 7 nitrogen and oxygen atoms in total. The normalized spacial score (nSPS) is 21.3. The van der Waals surface area contributed by atoms with Gasteiger partial charge in [-0.1, -0.05) is 0 Å². The number of aromatic nitrogens is 2. The standard InChI is InChI=1S/C15H18N4O3/c1-9-5-10(6-12-11(9)7-16-18-12)17-14(22)19-4-3-15(2,8-19)13(20)21/h5-7H,3-4,8H2,1-2H3,(H,16,18)(H,17,22)(H,20,21). The quantitative estimate of drug-likeness (QED) is 0.792.